The van der Waals surface area contributed by atoms with Gasteiger partial charge in [0.15, 0.2) is 0 Å². The van der Waals surface area contributed by atoms with Gasteiger partial charge in [0.2, 0.25) is 0 Å². The monoisotopic (exact) mass is 170 g/mol. The molecule has 70 valence electrons. The van der Waals surface area contributed by atoms with Gasteiger partial charge in [-0.15, -0.1) is 0 Å². The number of amidine groups is 1. The molecule has 3 nitrogen and oxygen atoms in total. The Morgan fingerprint density at radius 1 is 1.42 bits per heavy atom. The van der Waals surface area contributed by atoms with Gasteiger partial charge >= 0.3 is 0 Å². The lowest BCUT2D eigenvalue weighted by Crippen LogP contribution is -2.25. The van der Waals surface area contributed by atoms with E-state index in [2.05, 4.69) is 4.99 Å². The van der Waals surface area contributed by atoms with Crippen molar-refractivity contribution in [2.45, 2.75) is 38.2 Å². The molecule has 1 fully saturated rings. The quantitative estimate of drug-likeness (QED) is 0.513. The first-order valence-electron chi connectivity index (χ1n) is 4.65. The van der Waals surface area contributed by atoms with Crippen LogP contribution in [0.25, 0.3) is 0 Å². The highest BCUT2D eigenvalue weighted by Gasteiger charge is 2.13. The average Bonchev–Trinajstić information content (AvgIpc) is 2.16. The van der Waals surface area contributed by atoms with E-state index in [1.54, 1.807) is 7.05 Å². The zero-order valence-corrected chi connectivity index (χ0v) is 7.75. The molecular formula is C9H18N2O. The first-order chi connectivity index (χ1) is 5.83. The van der Waals surface area contributed by atoms with E-state index in [-0.39, 0.29) is 0 Å². The largest absolute Gasteiger partial charge is 0.386 e. The van der Waals surface area contributed by atoms with Crippen LogP contribution in [0.5, 0.6) is 0 Å². The molecule has 0 saturated heterocycles. The summed E-state index contributed by atoms with van der Waals surface area (Å²) in [6, 6.07) is 0. The van der Waals surface area contributed by atoms with Crippen LogP contribution >= 0.6 is 0 Å². The fourth-order valence-corrected chi connectivity index (χ4v) is 1.50. The second-order valence-electron chi connectivity index (χ2n) is 3.29. The molecule has 1 aliphatic rings. The SMILES string of the molecule is CN=C(N)COC1CCCCC1. The van der Waals surface area contributed by atoms with E-state index in [4.69, 9.17) is 10.5 Å². The zero-order chi connectivity index (χ0) is 8.81. The van der Waals surface area contributed by atoms with Crippen molar-refractivity contribution in [3.05, 3.63) is 0 Å². The van der Waals surface area contributed by atoms with E-state index in [9.17, 15) is 0 Å². The van der Waals surface area contributed by atoms with E-state index in [1.165, 1.54) is 32.1 Å². The van der Waals surface area contributed by atoms with E-state index in [0.29, 0.717) is 18.5 Å². The summed E-state index contributed by atoms with van der Waals surface area (Å²) in [6.07, 6.45) is 6.77. The summed E-state index contributed by atoms with van der Waals surface area (Å²) in [4.78, 5) is 3.84. The van der Waals surface area contributed by atoms with Gasteiger partial charge in [-0.3, -0.25) is 4.99 Å². The normalized spacial score (nSPS) is 21.2. The summed E-state index contributed by atoms with van der Waals surface area (Å²) in [5.41, 5.74) is 5.52. The first-order valence-corrected chi connectivity index (χ1v) is 4.65. The van der Waals surface area contributed by atoms with Crippen molar-refractivity contribution >= 4 is 5.84 Å². The van der Waals surface area contributed by atoms with Crippen LogP contribution in [0.3, 0.4) is 0 Å². The van der Waals surface area contributed by atoms with E-state index in [0.717, 1.165) is 0 Å². The van der Waals surface area contributed by atoms with E-state index >= 15 is 0 Å². The Kier molecular flexibility index (Phi) is 4.08. The number of hydrogen-bond acceptors (Lipinski definition) is 2. The smallest absolute Gasteiger partial charge is 0.120 e. The van der Waals surface area contributed by atoms with Crippen molar-refractivity contribution < 1.29 is 4.74 Å². The van der Waals surface area contributed by atoms with Crippen LogP contribution in [0.4, 0.5) is 0 Å². The third-order valence-corrected chi connectivity index (χ3v) is 2.31. The lowest BCUT2D eigenvalue weighted by molar-refractivity contribution is 0.0525. The molecule has 0 unspecified atom stereocenters. The van der Waals surface area contributed by atoms with Crippen molar-refractivity contribution in [3.8, 4) is 0 Å². The van der Waals surface area contributed by atoms with Gasteiger partial charge in [-0.2, -0.15) is 0 Å². The molecular weight excluding hydrogens is 152 g/mol. The predicted octanol–water partition coefficient (Wildman–Crippen LogP) is 1.32. The summed E-state index contributed by atoms with van der Waals surface area (Å²) < 4.78 is 5.58. The topological polar surface area (TPSA) is 47.6 Å². The van der Waals surface area contributed by atoms with Crippen LogP contribution in [0.1, 0.15) is 32.1 Å². The average molecular weight is 170 g/mol. The summed E-state index contributed by atoms with van der Waals surface area (Å²) in [7, 11) is 1.69. The maximum Gasteiger partial charge on any atom is 0.120 e. The van der Waals surface area contributed by atoms with Gasteiger partial charge in [-0.1, -0.05) is 19.3 Å². The Balaban J connectivity index is 2.13. The Labute approximate surface area is 74.0 Å². The second-order valence-corrected chi connectivity index (χ2v) is 3.29. The fourth-order valence-electron chi connectivity index (χ4n) is 1.50. The van der Waals surface area contributed by atoms with Crippen LogP contribution in [0.15, 0.2) is 4.99 Å². The van der Waals surface area contributed by atoms with Crippen molar-refractivity contribution in [3.63, 3.8) is 0 Å². The van der Waals surface area contributed by atoms with Gasteiger partial charge in [0.25, 0.3) is 0 Å². The van der Waals surface area contributed by atoms with Crippen LogP contribution in [-0.4, -0.2) is 25.6 Å². The molecule has 0 aromatic rings. The molecule has 0 bridgehead atoms. The van der Waals surface area contributed by atoms with E-state index in [1.807, 2.05) is 0 Å². The van der Waals surface area contributed by atoms with Gasteiger partial charge in [0.05, 0.1) is 6.10 Å². The number of aliphatic imine (C=N–C) groups is 1. The molecule has 0 amide bonds. The summed E-state index contributed by atoms with van der Waals surface area (Å²) >= 11 is 0. The molecule has 0 aromatic carbocycles. The van der Waals surface area contributed by atoms with Crippen molar-refractivity contribution in [2.24, 2.45) is 10.7 Å². The van der Waals surface area contributed by atoms with Gasteiger partial charge < -0.3 is 10.5 Å². The number of nitrogens with zero attached hydrogens (tertiary/aromatic N) is 1. The maximum atomic E-state index is 5.58. The Hall–Kier alpha value is -0.570. The fraction of sp³-hybridized carbons (Fsp3) is 0.889. The number of nitrogens with two attached hydrogens (primary N) is 1. The minimum atomic E-state index is 0.430. The Morgan fingerprint density at radius 2 is 2.08 bits per heavy atom. The Morgan fingerprint density at radius 3 is 2.67 bits per heavy atom. The highest BCUT2D eigenvalue weighted by Crippen LogP contribution is 2.19. The van der Waals surface area contributed by atoms with Gasteiger partial charge in [0.1, 0.15) is 12.4 Å². The molecule has 1 rings (SSSR count). The Bertz CT molecular complexity index is 151. The molecule has 0 aromatic heterocycles. The van der Waals surface area contributed by atoms with Crippen molar-refractivity contribution in [2.75, 3.05) is 13.7 Å². The third-order valence-electron chi connectivity index (χ3n) is 2.31. The highest BCUT2D eigenvalue weighted by atomic mass is 16.5. The molecule has 1 aliphatic carbocycles. The number of rotatable bonds is 3. The van der Waals surface area contributed by atoms with Crippen LogP contribution in [-0.2, 0) is 4.74 Å². The standard InChI is InChI=1S/C9H18N2O/c1-11-9(10)7-12-8-5-3-2-4-6-8/h8H,2-7H2,1H3,(H2,10,11). The lowest BCUT2D eigenvalue weighted by atomic mass is 9.98. The molecule has 2 N–H and O–H groups in total. The first kappa shape index (κ1) is 9.52. The minimum Gasteiger partial charge on any atom is -0.386 e. The van der Waals surface area contributed by atoms with Crippen molar-refractivity contribution in [1.29, 1.82) is 0 Å². The van der Waals surface area contributed by atoms with Gasteiger partial charge in [0, 0.05) is 7.05 Å². The van der Waals surface area contributed by atoms with Crippen LogP contribution < -0.4 is 5.73 Å². The summed E-state index contributed by atoms with van der Waals surface area (Å²) in [5.74, 6) is 0.598. The molecule has 12 heavy (non-hydrogen) atoms. The van der Waals surface area contributed by atoms with Crippen LogP contribution in [0, 0.1) is 0 Å². The maximum absolute atomic E-state index is 5.58. The molecule has 0 radical (unpaired) electrons. The molecule has 0 spiro atoms. The van der Waals surface area contributed by atoms with Crippen LogP contribution in [0.2, 0.25) is 0 Å². The molecule has 0 atom stereocenters. The second kappa shape index (κ2) is 5.14. The predicted molar refractivity (Wildman–Crippen MR) is 50.4 cm³/mol. The molecule has 3 heteroatoms. The number of ether oxygens (including phenoxy) is 1. The highest BCUT2D eigenvalue weighted by molar-refractivity contribution is 5.81. The van der Waals surface area contributed by atoms with Gasteiger partial charge in [-0.25, -0.2) is 0 Å². The third kappa shape index (κ3) is 3.22. The summed E-state index contributed by atoms with van der Waals surface area (Å²) in [6.45, 7) is 0.501. The molecule has 0 aliphatic heterocycles. The van der Waals surface area contributed by atoms with E-state index < -0.39 is 0 Å². The molecule has 1 saturated carbocycles. The zero-order valence-electron chi connectivity index (χ0n) is 7.75. The van der Waals surface area contributed by atoms with Crippen molar-refractivity contribution in [1.82, 2.24) is 0 Å². The van der Waals surface area contributed by atoms with Gasteiger partial charge in [-0.05, 0) is 12.8 Å². The molecule has 0 heterocycles. The minimum absolute atomic E-state index is 0.430. The number of hydrogen-bond donors (Lipinski definition) is 1. The summed E-state index contributed by atoms with van der Waals surface area (Å²) in [5, 5.41) is 0. The lowest BCUT2D eigenvalue weighted by Gasteiger charge is -2.21.